The Morgan fingerprint density at radius 3 is 2.70 bits per heavy atom. The topological polar surface area (TPSA) is 127 Å². The standard InChI is InChI=1S/C17H17ClN4O4S/c18-14-4-2-1-3-11(14)7-17(24)21-12-8-15-13(10-20-22(15)5-6-23)16(9-12)27(19,25)26/h1-4,8-10,23H,5-7H2,(H,21,24)(H2,19,25,26). The Bertz CT molecular complexity index is 1110. The van der Waals surface area contributed by atoms with Crippen LogP contribution >= 0.6 is 11.6 Å². The van der Waals surface area contributed by atoms with Crippen LogP contribution in [-0.4, -0.2) is 35.8 Å². The molecule has 0 fully saturated rings. The summed E-state index contributed by atoms with van der Waals surface area (Å²) in [5, 5.41) is 22.0. The molecular formula is C17H17ClN4O4S. The van der Waals surface area contributed by atoms with E-state index in [4.69, 9.17) is 21.8 Å². The molecule has 0 aliphatic rings. The molecule has 8 nitrogen and oxygen atoms in total. The van der Waals surface area contributed by atoms with E-state index >= 15 is 0 Å². The van der Waals surface area contributed by atoms with Gasteiger partial charge in [-0.1, -0.05) is 29.8 Å². The van der Waals surface area contributed by atoms with Gasteiger partial charge in [-0.15, -0.1) is 0 Å². The number of nitrogens with two attached hydrogens (primary N) is 1. The van der Waals surface area contributed by atoms with E-state index in [2.05, 4.69) is 10.4 Å². The number of aliphatic hydroxyl groups excluding tert-OH is 1. The molecule has 1 heterocycles. The highest BCUT2D eigenvalue weighted by molar-refractivity contribution is 7.89. The molecule has 0 bridgehead atoms. The molecule has 3 rings (SSSR count). The van der Waals surface area contributed by atoms with E-state index < -0.39 is 10.0 Å². The first-order chi connectivity index (χ1) is 12.8. The summed E-state index contributed by atoms with van der Waals surface area (Å²) in [6.07, 6.45) is 1.39. The molecule has 142 valence electrons. The number of rotatable bonds is 6. The lowest BCUT2D eigenvalue weighted by molar-refractivity contribution is -0.115. The van der Waals surface area contributed by atoms with Crippen molar-refractivity contribution in [3.63, 3.8) is 0 Å². The zero-order chi connectivity index (χ0) is 19.6. The number of sulfonamides is 1. The lowest BCUT2D eigenvalue weighted by Crippen LogP contribution is -2.17. The fourth-order valence-electron chi connectivity index (χ4n) is 2.75. The molecule has 0 saturated carbocycles. The van der Waals surface area contributed by atoms with Gasteiger partial charge in [-0.3, -0.25) is 9.48 Å². The number of hydrogen-bond acceptors (Lipinski definition) is 5. The van der Waals surface area contributed by atoms with Crippen LogP contribution in [0, 0.1) is 0 Å². The van der Waals surface area contributed by atoms with Crippen molar-refractivity contribution in [2.75, 3.05) is 11.9 Å². The first-order valence-corrected chi connectivity index (χ1v) is 9.88. The molecule has 1 aromatic heterocycles. The Labute approximate surface area is 160 Å². The summed E-state index contributed by atoms with van der Waals surface area (Å²) >= 11 is 6.06. The number of benzene rings is 2. The third-order valence-electron chi connectivity index (χ3n) is 3.94. The van der Waals surface area contributed by atoms with Gasteiger partial charge in [0.2, 0.25) is 15.9 Å². The van der Waals surface area contributed by atoms with E-state index in [1.54, 1.807) is 30.3 Å². The molecule has 0 aliphatic heterocycles. The van der Waals surface area contributed by atoms with E-state index in [1.165, 1.54) is 16.9 Å². The van der Waals surface area contributed by atoms with E-state index in [-0.39, 0.29) is 36.1 Å². The molecule has 0 atom stereocenters. The van der Waals surface area contributed by atoms with Crippen LogP contribution < -0.4 is 10.5 Å². The van der Waals surface area contributed by atoms with Gasteiger partial charge in [0.1, 0.15) is 0 Å². The van der Waals surface area contributed by atoms with Gasteiger partial charge in [-0.25, -0.2) is 13.6 Å². The Hall–Kier alpha value is -2.46. The fraction of sp³-hybridized carbons (Fsp3) is 0.176. The quantitative estimate of drug-likeness (QED) is 0.569. The summed E-state index contributed by atoms with van der Waals surface area (Å²) in [7, 11) is -4.04. The van der Waals surface area contributed by atoms with Gasteiger partial charge in [0.05, 0.1) is 36.2 Å². The van der Waals surface area contributed by atoms with Crippen LogP contribution in [0.1, 0.15) is 5.56 Å². The molecule has 2 aromatic carbocycles. The second-order valence-corrected chi connectivity index (χ2v) is 7.80. The number of carbonyl (C=O) groups excluding carboxylic acids is 1. The number of fused-ring (bicyclic) bond motifs is 1. The highest BCUT2D eigenvalue weighted by Gasteiger charge is 2.18. The van der Waals surface area contributed by atoms with Crippen molar-refractivity contribution in [2.24, 2.45) is 5.14 Å². The first-order valence-electron chi connectivity index (χ1n) is 7.96. The Balaban J connectivity index is 1.97. The van der Waals surface area contributed by atoms with Gasteiger partial charge in [0, 0.05) is 16.1 Å². The predicted octanol–water partition coefficient (Wildman–Crippen LogP) is 1.51. The van der Waals surface area contributed by atoms with Crippen molar-refractivity contribution in [1.82, 2.24) is 9.78 Å². The smallest absolute Gasteiger partial charge is 0.238 e. The van der Waals surface area contributed by atoms with Crippen molar-refractivity contribution in [3.8, 4) is 0 Å². The molecule has 0 radical (unpaired) electrons. The van der Waals surface area contributed by atoms with Crippen molar-refractivity contribution < 1.29 is 18.3 Å². The number of halogens is 1. The third kappa shape index (κ3) is 4.28. The second kappa shape index (κ2) is 7.65. The maximum Gasteiger partial charge on any atom is 0.238 e. The largest absolute Gasteiger partial charge is 0.394 e. The average molecular weight is 409 g/mol. The van der Waals surface area contributed by atoms with Crippen molar-refractivity contribution in [1.29, 1.82) is 0 Å². The van der Waals surface area contributed by atoms with Crippen LogP contribution in [-0.2, 0) is 27.8 Å². The van der Waals surface area contributed by atoms with Gasteiger partial charge in [0.25, 0.3) is 0 Å². The van der Waals surface area contributed by atoms with Crippen molar-refractivity contribution >= 4 is 44.1 Å². The highest BCUT2D eigenvalue weighted by atomic mass is 35.5. The Morgan fingerprint density at radius 2 is 2.04 bits per heavy atom. The minimum atomic E-state index is -4.04. The van der Waals surface area contributed by atoms with Crippen molar-refractivity contribution in [2.45, 2.75) is 17.9 Å². The molecule has 1 amide bonds. The molecule has 4 N–H and O–H groups in total. The number of nitrogens with one attached hydrogen (secondary N) is 1. The van der Waals surface area contributed by atoms with Crippen LogP contribution in [0.15, 0.2) is 47.5 Å². The average Bonchev–Trinajstić information content (AvgIpc) is 2.99. The number of aliphatic hydroxyl groups is 1. The maximum absolute atomic E-state index is 12.4. The normalized spacial score (nSPS) is 11.7. The fourth-order valence-corrected chi connectivity index (χ4v) is 3.70. The van der Waals surface area contributed by atoms with Gasteiger partial charge in [-0.05, 0) is 23.8 Å². The zero-order valence-corrected chi connectivity index (χ0v) is 15.7. The number of carbonyl (C=O) groups is 1. The third-order valence-corrected chi connectivity index (χ3v) is 5.26. The number of nitrogens with zero attached hydrogens (tertiary/aromatic N) is 2. The predicted molar refractivity (Wildman–Crippen MR) is 102 cm³/mol. The van der Waals surface area contributed by atoms with E-state index in [1.807, 2.05) is 0 Å². The van der Waals surface area contributed by atoms with E-state index in [0.717, 1.165) is 0 Å². The molecule has 0 spiro atoms. The minimum absolute atomic E-state index is 0.0261. The Kier molecular flexibility index (Phi) is 5.47. The summed E-state index contributed by atoms with van der Waals surface area (Å²) in [5.74, 6) is -0.365. The van der Waals surface area contributed by atoms with Crippen LogP contribution in [0.3, 0.4) is 0 Å². The summed E-state index contributed by atoms with van der Waals surface area (Å²) in [4.78, 5) is 12.2. The molecule has 27 heavy (non-hydrogen) atoms. The number of anilines is 1. The number of aromatic nitrogens is 2. The lowest BCUT2D eigenvalue weighted by atomic mass is 10.1. The van der Waals surface area contributed by atoms with Gasteiger partial charge >= 0.3 is 0 Å². The van der Waals surface area contributed by atoms with Gasteiger partial charge in [-0.2, -0.15) is 5.10 Å². The zero-order valence-electron chi connectivity index (χ0n) is 14.1. The van der Waals surface area contributed by atoms with Gasteiger partial charge < -0.3 is 10.4 Å². The van der Waals surface area contributed by atoms with Crippen LogP contribution in [0.4, 0.5) is 5.69 Å². The molecular weight excluding hydrogens is 392 g/mol. The molecule has 3 aromatic rings. The molecule has 0 saturated heterocycles. The SMILES string of the molecule is NS(=O)(=O)c1cc(NC(=O)Cc2ccccc2Cl)cc2c1cnn2CCO. The van der Waals surface area contributed by atoms with E-state index in [0.29, 0.717) is 21.5 Å². The number of amides is 1. The number of hydrogen-bond donors (Lipinski definition) is 3. The monoisotopic (exact) mass is 408 g/mol. The summed E-state index contributed by atoms with van der Waals surface area (Å²) < 4.78 is 25.3. The summed E-state index contributed by atoms with van der Waals surface area (Å²) in [6, 6.07) is 9.82. The maximum atomic E-state index is 12.4. The minimum Gasteiger partial charge on any atom is -0.394 e. The van der Waals surface area contributed by atoms with Crippen LogP contribution in [0.5, 0.6) is 0 Å². The second-order valence-electron chi connectivity index (χ2n) is 5.86. The number of primary sulfonamides is 1. The first kappa shape index (κ1) is 19.3. The van der Waals surface area contributed by atoms with Gasteiger partial charge in [0.15, 0.2) is 0 Å². The van der Waals surface area contributed by atoms with Crippen LogP contribution in [0.25, 0.3) is 10.9 Å². The highest BCUT2D eigenvalue weighted by Crippen LogP contribution is 2.27. The van der Waals surface area contributed by atoms with Crippen LogP contribution in [0.2, 0.25) is 5.02 Å². The van der Waals surface area contributed by atoms with E-state index in [9.17, 15) is 13.2 Å². The molecule has 10 heteroatoms. The lowest BCUT2D eigenvalue weighted by Gasteiger charge is -2.10. The molecule has 0 unspecified atom stereocenters. The molecule has 0 aliphatic carbocycles. The summed E-state index contributed by atoms with van der Waals surface area (Å²) in [6.45, 7) is -0.00480. The van der Waals surface area contributed by atoms with Crippen molar-refractivity contribution in [3.05, 3.63) is 53.2 Å². The summed E-state index contributed by atoms with van der Waals surface area (Å²) in [5.41, 5.74) is 1.33. The Morgan fingerprint density at radius 1 is 1.30 bits per heavy atom.